The molecule has 0 unspecified atom stereocenters. The lowest BCUT2D eigenvalue weighted by Gasteiger charge is -2.28. The summed E-state index contributed by atoms with van der Waals surface area (Å²) < 4.78 is 5.31. The van der Waals surface area contributed by atoms with Crippen molar-refractivity contribution < 1.29 is 9.53 Å². The zero-order valence-electron chi connectivity index (χ0n) is 14.3. The molecule has 0 saturated carbocycles. The van der Waals surface area contributed by atoms with Crippen LogP contribution in [-0.4, -0.2) is 37.0 Å². The number of halogens is 1. The fourth-order valence-corrected chi connectivity index (χ4v) is 2.29. The Balaban J connectivity index is 2.70. The van der Waals surface area contributed by atoms with Crippen molar-refractivity contribution in [2.24, 2.45) is 5.92 Å². The largest absolute Gasteiger partial charge is 0.496 e. The van der Waals surface area contributed by atoms with E-state index in [0.717, 1.165) is 11.3 Å². The van der Waals surface area contributed by atoms with Gasteiger partial charge in [-0.1, -0.05) is 25.4 Å². The zero-order chi connectivity index (χ0) is 17.6. The van der Waals surface area contributed by atoms with Gasteiger partial charge in [0, 0.05) is 17.1 Å². The highest BCUT2D eigenvalue weighted by Crippen LogP contribution is 2.23. The van der Waals surface area contributed by atoms with Crippen LogP contribution in [0.3, 0.4) is 0 Å². The van der Waals surface area contributed by atoms with Crippen molar-refractivity contribution in [2.75, 3.05) is 20.7 Å². The van der Waals surface area contributed by atoms with E-state index < -0.39 is 5.54 Å². The van der Waals surface area contributed by atoms with Crippen molar-refractivity contribution >= 4 is 17.5 Å². The third kappa shape index (κ3) is 5.42. The SMILES string of the molecule is COc1ccc(Cl)cc1CN(C)CC(=O)N[C@](C)(C#N)C(C)C. The summed E-state index contributed by atoms with van der Waals surface area (Å²) in [5, 5.41) is 12.7. The van der Waals surface area contributed by atoms with Crippen molar-refractivity contribution in [3.8, 4) is 11.8 Å². The Bertz CT molecular complexity index is 598. The number of carbonyl (C=O) groups excluding carboxylic acids is 1. The lowest BCUT2D eigenvalue weighted by molar-refractivity contribution is -0.123. The van der Waals surface area contributed by atoms with Gasteiger partial charge in [-0.2, -0.15) is 5.26 Å². The number of rotatable bonds is 7. The first-order chi connectivity index (χ1) is 10.7. The third-order valence-electron chi connectivity index (χ3n) is 3.88. The van der Waals surface area contributed by atoms with E-state index in [1.54, 1.807) is 26.2 Å². The third-order valence-corrected chi connectivity index (χ3v) is 4.12. The summed E-state index contributed by atoms with van der Waals surface area (Å²) in [6.07, 6.45) is 0. The Morgan fingerprint density at radius 3 is 2.70 bits per heavy atom. The van der Waals surface area contributed by atoms with Crippen LogP contribution < -0.4 is 10.1 Å². The number of methoxy groups -OCH3 is 1. The van der Waals surface area contributed by atoms with Gasteiger partial charge in [-0.25, -0.2) is 0 Å². The summed E-state index contributed by atoms with van der Waals surface area (Å²) in [5.41, 5.74) is 0.0354. The van der Waals surface area contributed by atoms with Crippen molar-refractivity contribution in [3.05, 3.63) is 28.8 Å². The average Bonchev–Trinajstić information content (AvgIpc) is 2.46. The van der Waals surface area contributed by atoms with Gasteiger partial charge in [0.1, 0.15) is 11.3 Å². The van der Waals surface area contributed by atoms with Gasteiger partial charge in [0.2, 0.25) is 5.91 Å². The van der Waals surface area contributed by atoms with E-state index in [2.05, 4.69) is 11.4 Å². The molecule has 5 nitrogen and oxygen atoms in total. The van der Waals surface area contributed by atoms with Gasteiger partial charge in [-0.15, -0.1) is 0 Å². The Hall–Kier alpha value is -1.77. The predicted molar refractivity (Wildman–Crippen MR) is 91.3 cm³/mol. The molecule has 6 heteroatoms. The fourth-order valence-electron chi connectivity index (χ4n) is 2.09. The van der Waals surface area contributed by atoms with Gasteiger partial charge in [-0.3, -0.25) is 9.69 Å². The smallest absolute Gasteiger partial charge is 0.235 e. The maximum absolute atomic E-state index is 12.2. The molecule has 1 rings (SSSR count). The second-order valence-corrected chi connectivity index (χ2v) is 6.58. The van der Waals surface area contributed by atoms with Crippen LogP contribution in [-0.2, 0) is 11.3 Å². The average molecular weight is 338 g/mol. The Labute approximate surface area is 143 Å². The monoisotopic (exact) mass is 337 g/mol. The summed E-state index contributed by atoms with van der Waals surface area (Å²) >= 11 is 6.01. The number of nitrogens with zero attached hydrogens (tertiary/aromatic N) is 2. The second-order valence-electron chi connectivity index (χ2n) is 6.15. The Kier molecular flexibility index (Phi) is 6.86. The lowest BCUT2D eigenvalue weighted by atomic mass is 9.90. The molecule has 126 valence electrons. The van der Waals surface area contributed by atoms with Crippen LogP contribution in [0.2, 0.25) is 5.02 Å². The number of carbonyl (C=O) groups is 1. The van der Waals surface area contributed by atoms with Crippen molar-refractivity contribution in [1.29, 1.82) is 5.26 Å². The zero-order valence-corrected chi connectivity index (χ0v) is 15.1. The van der Waals surface area contributed by atoms with E-state index in [4.69, 9.17) is 16.3 Å². The number of hydrogen-bond donors (Lipinski definition) is 1. The van der Waals surface area contributed by atoms with Gasteiger partial charge in [0.05, 0.1) is 19.7 Å². The molecule has 0 fully saturated rings. The van der Waals surface area contributed by atoms with Crippen LogP contribution in [0.4, 0.5) is 0 Å². The van der Waals surface area contributed by atoms with E-state index in [0.29, 0.717) is 11.6 Å². The van der Waals surface area contributed by atoms with Crippen LogP contribution in [0.15, 0.2) is 18.2 Å². The molecule has 0 bridgehead atoms. The minimum atomic E-state index is -0.869. The molecule has 1 amide bonds. The van der Waals surface area contributed by atoms with E-state index in [1.807, 2.05) is 31.9 Å². The molecule has 0 aromatic heterocycles. The van der Waals surface area contributed by atoms with Crippen molar-refractivity contribution in [2.45, 2.75) is 32.9 Å². The number of nitrogens with one attached hydrogen (secondary N) is 1. The Morgan fingerprint density at radius 1 is 1.52 bits per heavy atom. The number of benzene rings is 1. The molecule has 0 heterocycles. The number of likely N-dealkylation sites (N-methyl/N-ethyl adjacent to an activating group) is 1. The second kappa shape index (κ2) is 8.19. The van der Waals surface area contributed by atoms with Crippen LogP contribution in [0.1, 0.15) is 26.3 Å². The number of nitriles is 1. The molecular formula is C17H24ClN3O2. The lowest BCUT2D eigenvalue weighted by Crippen LogP contribution is -2.51. The standard InChI is InChI=1S/C17H24ClN3O2/c1-12(2)17(3,11-19)20-16(22)10-21(4)9-13-8-14(18)6-7-15(13)23-5/h6-8,12H,9-10H2,1-5H3,(H,20,22)/t17-/m1/s1. The Morgan fingerprint density at radius 2 is 2.17 bits per heavy atom. The van der Waals surface area contributed by atoms with E-state index >= 15 is 0 Å². The molecule has 0 aliphatic carbocycles. The normalized spacial score (nSPS) is 13.5. The van der Waals surface area contributed by atoms with Crippen LogP contribution >= 0.6 is 11.6 Å². The molecule has 0 spiro atoms. The van der Waals surface area contributed by atoms with Crippen LogP contribution in [0.5, 0.6) is 5.75 Å². The minimum absolute atomic E-state index is 0.0229. The highest BCUT2D eigenvalue weighted by atomic mass is 35.5. The number of amides is 1. The van der Waals surface area contributed by atoms with E-state index in [9.17, 15) is 10.1 Å². The first-order valence-electron chi connectivity index (χ1n) is 7.45. The fraction of sp³-hybridized carbons (Fsp3) is 0.529. The molecule has 0 aliphatic heterocycles. The van der Waals surface area contributed by atoms with Gasteiger partial charge >= 0.3 is 0 Å². The van der Waals surface area contributed by atoms with E-state index in [-0.39, 0.29) is 18.4 Å². The van der Waals surface area contributed by atoms with E-state index in [1.165, 1.54) is 0 Å². The summed E-state index contributed by atoms with van der Waals surface area (Å²) in [6, 6.07) is 7.56. The summed E-state index contributed by atoms with van der Waals surface area (Å²) in [5.74, 6) is 0.562. The molecule has 23 heavy (non-hydrogen) atoms. The molecule has 1 aromatic carbocycles. The topological polar surface area (TPSA) is 65.4 Å². The summed E-state index contributed by atoms with van der Waals surface area (Å²) in [4.78, 5) is 14.0. The van der Waals surface area contributed by atoms with Gasteiger partial charge in [0.15, 0.2) is 0 Å². The molecule has 0 saturated heterocycles. The van der Waals surface area contributed by atoms with Gasteiger partial charge in [-0.05, 0) is 38.1 Å². The first kappa shape index (κ1) is 19.3. The van der Waals surface area contributed by atoms with Crippen molar-refractivity contribution in [3.63, 3.8) is 0 Å². The summed E-state index contributed by atoms with van der Waals surface area (Å²) in [7, 11) is 3.43. The molecule has 1 aromatic rings. The van der Waals surface area contributed by atoms with Crippen molar-refractivity contribution in [1.82, 2.24) is 10.2 Å². The molecule has 0 aliphatic rings. The maximum Gasteiger partial charge on any atom is 0.235 e. The molecule has 1 N–H and O–H groups in total. The van der Waals surface area contributed by atoms with Crippen LogP contribution in [0.25, 0.3) is 0 Å². The first-order valence-corrected chi connectivity index (χ1v) is 7.83. The van der Waals surface area contributed by atoms with Gasteiger partial charge in [0.25, 0.3) is 0 Å². The molecular weight excluding hydrogens is 314 g/mol. The number of hydrogen-bond acceptors (Lipinski definition) is 4. The molecule has 0 radical (unpaired) electrons. The quantitative estimate of drug-likeness (QED) is 0.831. The summed E-state index contributed by atoms with van der Waals surface area (Å²) in [6.45, 7) is 6.24. The number of ether oxygens (including phenoxy) is 1. The van der Waals surface area contributed by atoms with Crippen LogP contribution in [0, 0.1) is 17.2 Å². The minimum Gasteiger partial charge on any atom is -0.496 e. The highest BCUT2D eigenvalue weighted by Gasteiger charge is 2.30. The predicted octanol–water partition coefficient (Wildman–Crippen LogP) is 2.83. The maximum atomic E-state index is 12.2. The molecule has 1 atom stereocenters. The van der Waals surface area contributed by atoms with Gasteiger partial charge < -0.3 is 10.1 Å². The highest BCUT2D eigenvalue weighted by molar-refractivity contribution is 6.30.